The molecule has 2 N–H and O–H groups in total. The van der Waals surface area contributed by atoms with Crippen LogP contribution in [0.5, 0.6) is 0 Å². The van der Waals surface area contributed by atoms with Crippen molar-refractivity contribution in [3.63, 3.8) is 0 Å². The van der Waals surface area contributed by atoms with E-state index in [2.05, 4.69) is 25.6 Å². The summed E-state index contributed by atoms with van der Waals surface area (Å²) < 4.78 is 27.9. The van der Waals surface area contributed by atoms with Crippen LogP contribution >= 0.6 is 22.9 Å². The Morgan fingerprint density at radius 3 is 2.56 bits per heavy atom. The first-order valence-corrected chi connectivity index (χ1v) is 10.7. The van der Waals surface area contributed by atoms with Gasteiger partial charge in [-0.15, -0.1) is 0 Å². The number of nitrogens with zero attached hydrogens (tertiary/aromatic N) is 3. The minimum Gasteiger partial charge on any atom is -0.362 e. The van der Waals surface area contributed by atoms with Gasteiger partial charge < -0.3 is 10.6 Å². The minimum absolute atomic E-state index is 0.111. The van der Waals surface area contributed by atoms with Gasteiger partial charge in [0.1, 0.15) is 17.2 Å². The fourth-order valence-corrected chi connectivity index (χ4v) is 4.20. The lowest BCUT2D eigenvalue weighted by Crippen LogP contribution is -2.15. The van der Waals surface area contributed by atoms with Crippen LogP contribution in [0, 0.1) is 11.6 Å². The van der Waals surface area contributed by atoms with Gasteiger partial charge in [-0.25, -0.2) is 23.7 Å². The standard InChI is InChI=1S/C22H16ClF2N5OS/c1-2-26-22-30-18(19(32-22)16-9-10-27-21(23)29-16)12-5-3-6-13(11-12)28-20(31)17-14(24)7-4-8-15(17)25/h3-11H,2H2,1H3,(H,26,30)(H,28,31). The number of rotatable bonds is 6. The third kappa shape index (κ3) is 4.58. The van der Waals surface area contributed by atoms with Gasteiger partial charge in [0.2, 0.25) is 5.28 Å². The predicted octanol–water partition coefficient (Wildman–Crippen LogP) is 5.88. The Morgan fingerprint density at radius 2 is 1.84 bits per heavy atom. The molecule has 2 aromatic carbocycles. The highest BCUT2D eigenvalue weighted by molar-refractivity contribution is 7.19. The molecule has 1 amide bonds. The van der Waals surface area contributed by atoms with Crippen LogP contribution in [0.3, 0.4) is 0 Å². The van der Waals surface area contributed by atoms with E-state index in [9.17, 15) is 13.6 Å². The van der Waals surface area contributed by atoms with E-state index in [4.69, 9.17) is 11.6 Å². The quantitative estimate of drug-likeness (QED) is 0.343. The van der Waals surface area contributed by atoms with Crippen LogP contribution in [0.1, 0.15) is 17.3 Å². The summed E-state index contributed by atoms with van der Waals surface area (Å²) >= 11 is 7.37. The lowest BCUT2D eigenvalue weighted by molar-refractivity contribution is 0.101. The van der Waals surface area contributed by atoms with Crippen molar-refractivity contribution < 1.29 is 13.6 Å². The van der Waals surface area contributed by atoms with Crippen molar-refractivity contribution in [1.82, 2.24) is 15.0 Å². The maximum Gasteiger partial charge on any atom is 0.261 e. The van der Waals surface area contributed by atoms with E-state index in [0.29, 0.717) is 34.3 Å². The fraction of sp³-hybridized carbons (Fsp3) is 0.0909. The van der Waals surface area contributed by atoms with Gasteiger partial charge in [0.25, 0.3) is 5.91 Å². The number of benzene rings is 2. The molecule has 0 saturated carbocycles. The van der Waals surface area contributed by atoms with Crippen molar-refractivity contribution in [1.29, 1.82) is 0 Å². The highest BCUT2D eigenvalue weighted by atomic mass is 35.5. The normalized spacial score (nSPS) is 10.8. The van der Waals surface area contributed by atoms with Gasteiger partial charge in [-0.1, -0.05) is 29.5 Å². The van der Waals surface area contributed by atoms with Crippen LogP contribution in [-0.2, 0) is 0 Å². The van der Waals surface area contributed by atoms with Crippen molar-refractivity contribution in [2.75, 3.05) is 17.2 Å². The number of halogens is 3. The van der Waals surface area contributed by atoms with Gasteiger partial charge in [-0.05, 0) is 48.9 Å². The van der Waals surface area contributed by atoms with Crippen LogP contribution in [0.2, 0.25) is 5.28 Å². The van der Waals surface area contributed by atoms with Crippen molar-refractivity contribution >= 4 is 39.7 Å². The summed E-state index contributed by atoms with van der Waals surface area (Å²) in [7, 11) is 0. The second kappa shape index (κ2) is 9.37. The van der Waals surface area contributed by atoms with Gasteiger partial charge in [-0.3, -0.25) is 4.79 Å². The third-order valence-corrected chi connectivity index (χ3v) is 5.62. The summed E-state index contributed by atoms with van der Waals surface area (Å²) in [5.74, 6) is -2.75. The van der Waals surface area contributed by atoms with Gasteiger partial charge in [0.05, 0.1) is 16.3 Å². The molecule has 32 heavy (non-hydrogen) atoms. The van der Waals surface area contributed by atoms with Gasteiger partial charge in [0.15, 0.2) is 5.13 Å². The number of hydrogen-bond donors (Lipinski definition) is 2. The van der Waals surface area contributed by atoms with E-state index >= 15 is 0 Å². The molecule has 0 aliphatic heterocycles. The molecule has 4 rings (SSSR count). The van der Waals surface area contributed by atoms with Crippen LogP contribution in [0.25, 0.3) is 21.8 Å². The maximum atomic E-state index is 14.0. The molecule has 10 heteroatoms. The maximum absolute atomic E-state index is 14.0. The summed E-state index contributed by atoms with van der Waals surface area (Å²) in [6.45, 7) is 2.64. The zero-order chi connectivity index (χ0) is 22.7. The monoisotopic (exact) mass is 471 g/mol. The average molecular weight is 472 g/mol. The molecular formula is C22H16ClF2N5OS. The van der Waals surface area contributed by atoms with E-state index in [-0.39, 0.29) is 5.28 Å². The number of carbonyl (C=O) groups excluding carboxylic acids is 1. The first kappa shape index (κ1) is 21.8. The molecule has 0 aliphatic carbocycles. The van der Waals surface area contributed by atoms with E-state index in [1.165, 1.54) is 17.4 Å². The first-order chi connectivity index (χ1) is 15.5. The second-order valence-electron chi connectivity index (χ2n) is 6.57. The summed E-state index contributed by atoms with van der Waals surface area (Å²) in [6.07, 6.45) is 1.56. The Bertz CT molecular complexity index is 1280. The number of hydrogen-bond acceptors (Lipinski definition) is 6. The zero-order valence-electron chi connectivity index (χ0n) is 16.7. The summed E-state index contributed by atoms with van der Waals surface area (Å²) in [6, 6.07) is 11.8. The highest BCUT2D eigenvalue weighted by Crippen LogP contribution is 2.39. The largest absolute Gasteiger partial charge is 0.362 e. The minimum atomic E-state index is -0.934. The first-order valence-electron chi connectivity index (χ1n) is 9.55. The lowest BCUT2D eigenvalue weighted by Gasteiger charge is -2.09. The van der Waals surface area contributed by atoms with Crippen LogP contribution in [-0.4, -0.2) is 27.4 Å². The van der Waals surface area contributed by atoms with E-state index < -0.39 is 23.1 Å². The average Bonchev–Trinajstić information content (AvgIpc) is 3.18. The zero-order valence-corrected chi connectivity index (χ0v) is 18.3. The third-order valence-electron chi connectivity index (χ3n) is 4.40. The van der Waals surface area contributed by atoms with Crippen molar-refractivity contribution in [3.05, 3.63) is 77.2 Å². The van der Waals surface area contributed by atoms with Crippen LogP contribution in [0.4, 0.5) is 19.6 Å². The molecule has 0 fully saturated rings. The summed E-state index contributed by atoms with van der Waals surface area (Å²) in [5.41, 5.74) is 1.62. The molecule has 162 valence electrons. The SMILES string of the molecule is CCNc1nc(-c2cccc(NC(=O)c3c(F)cccc3F)c2)c(-c2ccnc(Cl)n2)s1. The smallest absolute Gasteiger partial charge is 0.261 e. The van der Waals surface area contributed by atoms with Gasteiger partial charge in [0, 0.05) is 24.0 Å². The number of carbonyl (C=O) groups is 1. The molecule has 2 aromatic heterocycles. The molecule has 0 aliphatic rings. The van der Waals surface area contributed by atoms with Crippen LogP contribution < -0.4 is 10.6 Å². The number of amides is 1. The van der Waals surface area contributed by atoms with Gasteiger partial charge >= 0.3 is 0 Å². The van der Waals surface area contributed by atoms with E-state index in [0.717, 1.165) is 17.0 Å². The number of nitrogens with one attached hydrogen (secondary N) is 2. The Labute approximate surface area is 191 Å². The fourth-order valence-electron chi connectivity index (χ4n) is 3.03. The highest BCUT2D eigenvalue weighted by Gasteiger charge is 2.19. The topological polar surface area (TPSA) is 79.8 Å². The van der Waals surface area contributed by atoms with Crippen molar-refractivity contribution in [3.8, 4) is 21.8 Å². The second-order valence-corrected chi connectivity index (χ2v) is 7.91. The Morgan fingerprint density at radius 1 is 1.09 bits per heavy atom. The molecule has 0 saturated heterocycles. The number of aromatic nitrogens is 3. The Hall–Kier alpha value is -3.43. The molecule has 0 atom stereocenters. The van der Waals surface area contributed by atoms with E-state index in [1.54, 1.807) is 30.5 Å². The Kier molecular flexibility index (Phi) is 6.38. The molecule has 0 radical (unpaired) electrons. The number of anilines is 2. The predicted molar refractivity (Wildman–Crippen MR) is 122 cm³/mol. The molecule has 0 unspecified atom stereocenters. The molecule has 4 aromatic rings. The molecule has 0 spiro atoms. The molecular weight excluding hydrogens is 456 g/mol. The van der Waals surface area contributed by atoms with E-state index in [1.807, 2.05) is 13.0 Å². The number of thiazole rings is 1. The van der Waals surface area contributed by atoms with Gasteiger partial charge in [-0.2, -0.15) is 0 Å². The summed E-state index contributed by atoms with van der Waals surface area (Å²) in [5, 5.41) is 6.53. The Balaban J connectivity index is 1.71. The summed E-state index contributed by atoms with van der Waals surface area (Å²) in [4.78, 5) is 26.1. The molecule has 2 heterocycles. The van der Waals surface area contributed by atoms with Crippen LogP contribution in [0.15, 0.2) is 54.7 Å². The molecule has 0 bridgehead atoms. The lowest BCUT2D eigenvalue weighted by atomic mass is 10.1. The molecule has 6 nitrogen and oxygen atoms in total. The van der Waals surface area contributed by atoms with Crippen molar-refractivity contribution in [2.24, 2.45) is 0 Å². The van der Waals surface area contributed by atoms with Crippen molar-refractivity contribution in [2.45, 2.75) is 6.92 Å².